The summed E-state index contributed by atoms with van der Waals surface area (Å²) in [5.41, 5.74) is -0.483. The number of rotatable bonds is 3. The first-order chi connectivity index (χ1) is 11.0. The first-order valence-corrected chi connectivity index (χ1v) is 8.75. The van der Waals surface area contributed by atoms with Crippen molar-refractivity contribution in [1.29, 1.82) is 0 Å². The molecule has 2 saturated heterocycles. The van der Waals surface area contributed by atoms with E-state index < -0.39 is 36.1 Å². The topological polar surface area (TPSA) is 105 Å². The van der Waals surface area contributed by atoms with E-state index in [0.29, 0.717) is 18.6 Å². The number of esters is 1. The summed E-state index contributed by atoms with van der Waals surface area (Å²) in [5, 5.41) is 4.66. The average Bonchev–Trinajstić information content (AvgIpc) is 2.91. The highest BCUT2D eigenvalue weighted by atomic mass is 32.2. The third kappa shape index (κ3) is 4.19. The second-order valence-electron chi connectivity index (χ2n) is 7.13. The first kappa shape index (κ1) is 18.6. The number of thioether (sulfide) groups is 1. The Morgan fingerprint density at radius 1 is 1.38 bits per heavy atom. The normalized spacial score (nSPS) is 26.1. The molecule has 4 amide bonds. The fraction of sp³-hybridized carbons (Fsp3) is 0.733. The lowest BCUT2D eigenvalue weighted by Gasteiger charge is -2.29. The summed E-state index contributed by atoms with van der Waals surface area (Å²) in [4.78, 5) is 48.6. The Hall–Kier alpha value is -1.77. The number of carbonyl (C=O) groups is 4. The molecule has 0 aromatic carbocycles. The van der Waals surface area contributed by atoms with Crippen molar-refractivity contribution in [2.45, 2.75) is 57.0 Å². The number of nitrogens with zero attached hydrogens (tertiary/aromatic N) is 1. The van der Waals surface area contributed by atoms with Crippen molar-refractivity contribution in [2.75, 3.05) is 12.4 Å². The van der Waals surface area contributed by atoms with Gasteiger partial charge in [0, 0.05) is 17.7 Å². The molecule has 0 aromatic heterocycles. The standard InChI is InChI=1S/C15H23N3O5S/c1-14(2,3)17-13(22)16-10(19)7-23-12(21)9-8-24-15(4)6-5-11(20)18(9)15/h9H,5-8H2,1-4H3,(H2,16,17,19,22)/t9-,15-/m0/s1. The van der Waals surface area contributed by atoms with Crippen LogP contribution < -0.4 is 10.6 Å². The van der Waals surface area contributed by atoms with Crippen molar-refractivity contribution in [1.82, 2.24) is 15.5 Å². The van der Waals surface area contributed by atoms with Crippen LogP contribution in [-0.2, 0) is 19.1 Å². The largest absolute Gasteiger partial charge is 0.454 e. The number of ether oxygens (including phenoxy) is 1. The molecule has 134 valence electrons. The van der Waals surface area contributed by atoms with Gasteiger partial charge in [0.25, 0.3) is 5.91 Å². The van der Waals surface area contributed by atoms with E-state index >= 15 is 0 Å². The predicted octanol–water partition coefficient (Wildman–Crippen LogP) is 0.608. The number of imide groups is 1. The summed E-state index contributed by atoms with van der Waals surface area (Å²) in [5.74, 6) is -0.953. The van der Waals surface area contributed by atoms with Gasteiger partial charge in [0.1, 0.15) is 6.04 Å². The van der Waals surface area contributed by atoms with Crippen molar-refractivity contribution >= 4 is 35.6 Å². The van der Waals surface area contributed by atoms with Gasteiger partial charge in [-0.25, -0.2) is 9.59 Å². The molecule has 2 fully saturated rings. The second kappa shape index (κ2) is 6.62. The highest BCUT2D eigenvalue weighted by molar-refractivity contribution is 8.01. The van der Waals surface area contributed by atoms with Gasteiger partial charge in [-0.3, -0.25) is 14.9 Å². The van der Waals surface area contributed by atoms with E-state index in [2.05, 4.69) is 10.6 Å². The van der Waals surface area contributed by atoms with Crippen molar-refractivity contribution in [3.63, 3.8) is 0 Å². The minimum Gasteiger partial charge on any atom is -0.454 e. The lowest BCUT2D eigenvalue weighted by Crippen LogP contribution is -2.50. The molecule has 2 aliphatic rings. The van der Waals surface area contributed by atoms with Crippen molar-refractivity contribution in [2.24, 2.45) is 0 Å². The summed E-state index contributed by atoms with van der Waals surface area (Å²) in [6.07, 6.45) is 1.12. The van der Waals surface area contributed by atoms with E-state index in [1.807, 2.05) is 6.92 Å². The average molecular weight is 357 g/mol. The first-order valence-electron chi connectivity index (χ1n) is 7.77. The summed E-state index contributed by atoms with van der Waals surface area (Å²) in [7, 11) is 0. The van der Waals surface area contributed by atoms with Gasteiger partial charge in [-0.05, 0) is 34.1 Å². The zero-order valence-electron chi connectivity index (χ0n) is 14.3. The van der Waals surface area contributed by atoms with Crippen LogP contribution in [0.5, 0.6) is 0 Å². The molecule has 9 heteroatoms. The van der Waals surface area contributed by atoms with Crippen molar-refractivity contribution in [3.05, 3.63) is 0 Å². The van der Waals surface area contributed by atoms with Crippen LogP contribution in [0.1, 0.15) is 40.5 Å². The third-order valence-corrected chi connectivity index (χ3v) is 5.31. The van der Waals surface area contributed by atoms with E-state index in [0.717, 1.165) is 0 Å². The van der Waals surface area contributed by atoms with E-state index in [1.165, 1.54) is 0 Å². The lowest BCUT2D eigenvalue weighted by molar-refractivity contribution is -0.156. The highest BCUT2D eigenvalue weighted by Gasteiger charge is 2.53. The fourth-order valence-corrected chi connectivity index (χ4v) is 4.18. The Bertz CT molecular complexity index is 574. The van der Waals surface area contributed by atoms with Gasteiger partial charge in [0.2, 0.25) is 5.91 Å². The monoisotopic (exact) mass is 357 g/mol. The molecular formula is C15H23N3O5S. The van der Waals surface area contributed by atoms with Gasteiger partial charge in [0.15, 0.2) is 6.61 Å². The molecular weight excluding hydrogens is 334 g/mol. The van der Waals surface area contributed by atoms with Crippen molar-refractivity contribution < 1.29 is 23.9 Å². The van der Waals surface area contributed by atoms with Crippen LogP contribution in [0.2, 0.25) is 0 Å². The number of fused-ring (bicyclic) bond motifs is 1. The van der Waals surface area contributed by atoms with E-state index in [4.69, 9.17) is 4.74 Å². The summed E-state index contributed by atoms with van der Waals surface area (Å²) in [6, 6.07) is -1.33. The molecule has 0 aliphatic carbocycles. The number of urea groups is 1. The molecule has 0 bridgehead atoms. The smallest absolute Gasteiger partial charge is 0.330 e. The van der Waals surface area contributed by atoms with Crippen LogP contribution in [0.15, 0.2) is 0 Å². The predicted molar refractivity (Wildman–Crippen MR) is 88.1 cm³/mol. The SMILES string of the molecule is CC(C)(C)NC(=O)NC(=O)COC(=O)[C@@H]1CS[C@@]2(C)CCC(=O)N12. The van der Waals surface area contributed by atoms with Gasteiger partial charge in [-0.1, -0.05) is 0 Å². The Morgan fingerprint density at radius 3 is 2.67 bits per heavy atom. The number of nitrogens with one attached hydrogen (secondary N) is 2. The van der Waals surface area contributed by atoms with Gasteiger partial charge >= 0.3 is 12.0 Å². The van der Waals surface area contributed by atoms with Crippen LogP contribution in [0.25, 0.3) is 0 Å². The quantitative estimate of drug-likeness (QED) is 0.717. The molecule has 0 radical (unpaired) electrons. The molecule has 2 N–H and O–H groups in total. The second-order valence-corrected chi connectivity index (χ2v) is 8.63. The molecule has 8 nitrogen and oxygen atoms in total. The molecule has 0 unspecified atom stereocenters. The van der Waals surface area contributed by atoms with E-state index in [-0.39, 0.29) is 10.8 Å². The van der Waals surface area contributed by atoms with E-state index in [1.54, 1.807) is 37.4 Å². The number of carbonyl (C=O) groups excluding carboxylic acids is 4. The molecule has 2 atom stereocenters. The summed E-state index contributed by atoms with van der Waals surface area (Å²) >= 11 is 1.55. The summed E-state index contributed by atoms with van der Waals surface area (Å²) < 4.78 is 4.98. The van der Waals surface area contributed by atoms with Gasteiger partial charge < -0.3 is 15.0 Å². The van der Waals surface area contributed by atoms with Crippen molar-refractivity contribution in [3.8, 4) is 0 Å². The Balaban J connectivity index is 1.82. The minimum absolute atomic E-state index is 0.0709. The highest BCUT2D eigenvalue weighted by Crippen LogP contribution is 2.47. The molecule has 24 heavy (non-hydrogen) atoms. The maximum atomic E-state index is 12.2. The number of hydrogen-bond donors (Lipinski definition) is 2. The molecule has 0 spiro atoms. The maximum Gasteiger partial charge on any atom is 0.330 e. The van der Waals surface area contributed by atoms with Gasteiger partial charge in [0.05, 0.1) is 4.87 Å². The molecule has 2 heterocycles. The lowest BCUT2D eigenvalue weighted by atomic mass is 10.1. The maximum absolute atomic E-state index is 12.2. The third-order valence-electron chi connectivity index (χ3n) is 3.80. The minimum atomic E-state index is -0.716. The zero-order valence-corrected chi connectivity index (χ0v) is 15.1. The summed E-state index contributed by atoms with van der Waals surface area (Å²) in [6.45, 7) is 6.70. The van der Waals surface area contributed by atoms with Crippen LogP contribution in [-0.4, -0.2) is 57.5 Å². The Kier molecular flexibility index (Phi) is 5.12. The van der Waals surface area contributed by atoms with Gasteiger partial charge in [-0.15, -0.1) is 11.8 Å². The van der Waals surface area contributed by atoms with E-state index in [9.17, 15) is 19.2 Å². The van der Waals surface area contributed by atoms with Crippen LogP contribution in [0.3, 0.4) is 0 Å². The Morgan fingerprint density at radius 2 is 2.04 bits per heavy atom. The van der Waals surface area contributed by atoms with Crippen LogP contribution >= 0.6 is 11.8 Å². The number of amides is 4. The molecule has 2 aliphatic heterocycles. The number of hydrogen-bond acceptors (Lipinski definition) is 6. The van der Waals surface area contributed by atoms with Gasteiger partial charge in [-0.2, -0.15) is 0 Å². The molecule has 0 saturated carbocycles. The fourth-order valence-electron chi connectivity index (χ4n) is 2.76. The van der Waals surface area contributed by atoms with Crippen LogP contribution in [0, 0.1) is 0 Å². The Labute approximate surface area is 145 Å². The van der Waals surface area contributed by atoms with Crippen LogP contribution in [0.4, 0.5) is 4.79 Å². The zero-order chi connectivity index (χ0) is 18.1. The molecule has 2 rings (SSSR count). The molecule has 0 aromatic rings.